The first-order valence-electron chi connectivity index (χ1n) is 5.75. The molecule has 0 bridgehead atoms. The van der Waals surface area contributed by atoms with Crippen molar-refractivity contribution in [2.45, 2.75) is 0 Å². The number of halogens is 1. The van der Waals surface area contributed by atoms with Gasteiger partial charge in [-0.05, 0) is 45.8 Å². The van der Waals surface area contributed by atoms with E-state index in [-0.39, 0.29) is 0 Å². The summed E-state index contributed by atoms with van der Waals surface area (Å²) < 4.78 is 2.69. The van der Waals surface area contributed by atoms with Crippen LogP contribution in [0.1, 0.15) is 0 Å². The number of hydrogen-bond acceptors (Lipinski definition) is 3. The molecule has 0 unspecified atom stereocenters. The van der Waals surface area contributed by atoms with Crippen molar-refractivity contribution < 1.29 is 0 Å². The smallest absolute Gasteiger partial charge is 0.153 e. The monoisotopic (exact) mass is 314 g/mol. The lowest BCUT2D eigenvalue weighted by Crippen LogP contribution is -1.96. The van der Waals surface area contributed by atoms with E-state index < -0.39 is 0 Å². The van der Waals surface area contributed by atoms with E-state index in [0.717, 1.165) is 27.1 Å². The molecule has 4 nitrogen and oxygen atoms in total. The van der Waals surface area contributed by atoms with Gasteiger partial charge in [0.05, 0.1) is 6.20 Å². The van der Waals surface area contributed by atoms with Gasteiger partial charge in [-0.3, -0.25) is 0 Å². The van der Waals surface area contributed by atoms with Crippen molar-refractivity contribution in [2.75, 3.05) is 5.73 Å². The first-order valence-corrected chi connectivity index (χ1v) is 6.54. The van der Waals surface area contributed by atoms with Crippen LogP contribution < -0.4 is 5.73 Å². The maximum Gasteiger partial charge on any atom is 0.153 e. The van der Waals surface area contributed by atoms with Gasteiger partial charge >= 0.3 is 0 Å². The van der Waals surface area contributed by atoms with Gasteiger partial charge in [0.1, 0.15) is 0 Å². The molecule has 19 heavy (non-hydrogen) atoms. The zero-order valence-corrected chi connectivity index (χ0v) is 11.6. The van der Waals surface area contributed by atoms with E-state index in [1.807, 2.05) is 48.8 Å². The third kappa shape index (κ3) is 2.51. The fourth-order valence-corrected chi connectivity index (χ4v) is 2.01. The van der Waals surface area contributed by atoms with Crippen LogP contribution in [-0.4, -0.2) is 14.8 Å². The second-order valence-corrected chi connectivity index (χ2v) is 5.05. The highest BCUT2D eigenvalue weighted by molar-refractivity contribution is 9.10. The lowest BCUT2D eigenvalue weighted by Gasteiger charge is -2.00. The highest BCUT2D eigenvalue weighted by Crippen LogP contribution is 2.21. The van der Waals surface area contributed by atoms with Gasteiger partial charge in [-0.1, -0.05) is 12.1 Å². The number of nitrogens with zero attached hydrogens (tertiary/aromatic N) is 3. The van der Waals surface area contributed by atoms with E-state index in [0.29, 0.717) is 0 Å². The van der Waals surface area contributed by atoms with Crippen molar-refractivity contribution in [1.82, 2.24) is 14.8 Å². The minimum Gasteiger partial charge on any atom is -0.399 e. The summed E-state index contributed by atoms with van der Waals surface area (Å²) in [5, 5.41) is 4.32. The van der Waals surface area contributed by atoms with E-state index in [4.69, 9.17) is 5.73 Å². The van der Waals surface area contributed by atoms with Crippen LogP contribution in [0.3, 0.4) is 0 Å². The van der Waals surface area contributed by atoms with E-state index in [9.17, 15) is 0 Å². The summed E-state index contributed by atoms with van der Waals surface area (Å²) >= 11 is 3.36. The Morgan fingerprint density at radius 1 is 0.947 bits per heavy atom. The van der Waals surface area contributed by atoms with Crippen LogP contribution in [0.4, 0.5) is 5.69 Å². The second-order valence-electron chi connectivity index (χ2n) is 4.13. The molecule has 0 aliphatic heterocycles. The van der Waals surface area contributed by atoms with E-state index >= 15 is 0 Å². The molecule has 3 aromatic rings. The maximum absolute atomic E-state index is 5.68. The van der Waals surface area contributed by atoms with Gasteiger partial charge in [-0.2, -0.15) is 5.10 Å². The molecule has 3 rings (SSSR count). The van der Waals surface area contributed by atoms with Crippen molar-refractivity contribution in [3.05, 3.63) is 59.5 Å². The normalized spacial score (nSPS) is 10.6. The average molecular weight is 315 g/mol. The zero-order chi connectivity index (χ0) is 13.2. The Kier molecular flexibility index (Phi) is 3.05. The van der Waals surface area contributed by atoms with Crippen molar-refractivity contribution >= 4 is 21.6 Å². The zero-order valence-electron chi connectivity index (χ0n) is 9.99. The van der Waals surface area contributed by atoms with Crippen LogP contribution in [-0.2, 0) is 0 Å². The van der Waals surface area contributed by atoms with Crippen molar-refractivity contribution in [3.63, 3.8) is 0 Å². The van der Waals surface area contributed by atoms with Gasteiger partial charge in [0.15, 0.2) is 5.82 Å². The topological polar surface area (TPSA) is 56.7 Å². The fraction of sp³-hybridized carbons (Fsp3) is 0. The average Bonchev–Trinajstić information content (AvgIpc) is 2.90. The van der Waals surface area contributed by atoms with E-state index in [1.165, 1.54) is 0 Å². The SMILES string of the molecule is Nc1ccc(-c2cnn(-c3ccc(Br)cn3)c2)cc1. The Bertz CT molecular complexity index is 626. The summed E-state index contributed by atoms with van der Waals surface area (Å²) in [6.07, 6.45) is 5.51. The van der Waals surface area contributed by atoms with Crippen LogP contribution in [0.5, 0.6) is 0 Å². The number of aromatic nitrogens is 3. The molecule has 5 heteroatoms. The van der Waals surface area contributed by atoms with E-state index in [2.05, 4.69) is 26.0 Å². The molecule has 0 atom stereocenters. The van der Waals surface area contributed by atoms with Crippen LogP contribution in [0.15, 0.2) is 59.5 Å². The summed E-state index contributed by atoms with van der Waals surface area (Å²) in [6.45, 7) is 0. The fourth-order valence-electron chi connectivity index (χ4n) is 1.78. The summed E-state index contributed by atoms with van der Waals surface area (Å²) in [7, 11) is 0. The Balaban J connectivity index is 1.95. The number of hydrogen-bond donors (Lipinski definition) is 1. The lowest BCUT2D eigenvalue weighted by molar-refractivity contribution is 0.846. The number of nitrogen functional groups attached to an aromatic ring is 1. The van der Waals surface area contributed by atoms with Gasteiger partial charge in [0.25, 0.3) is 0 Å². The van der Waals surface area contributed by atoms with Gasteiger partial charge in [-0.15, -0.1) is 0 Å². The highest BCUT2D eigenvalue weighted by Gasteiger charge is 2.04. The first kappa shape index (κ1) is 11.9. The molecule has 0 saturated heterocycles. The van der Waals surface area contributed by atoms with Crippen LogP contribution in [0.25, 0.3) is 16.9 Å². The summed E-state index contributed by atoms with van der Waals surface area (Å²) in [4.78, 5) is 4.30. The number of nitrogens with two attached hydrogens (primary N) is 1. The van der Waals surface area contributed by atoms with Gasteiger partial charge in [0, 0.05) is 28.1 Å². The number of anilines is 1. The molecule has 0 fully saturated rings. The molecule has 2 heterocycles. The summed E-state index contributed by atoms with van der Waals surface area (Å²) in [5.74, 6) is 0.782. The van der Waals surface area contributed by atoms with Crippen LogP contribution in [0, 0.1) is 0 Å². The lowest BCUT2D eigenvalue weighted by atomic mass is 10.1. The van der Waals surface area contributed by atoms with Crippen molar-refractivity contribution in [1.29, 1.82) is 0 Å². The van der Waals surface area contributed by atoms with E-state index in [1.54, 1.807) is 10.9 Å². The number of benzene rings is 1. The standard InChI is InChI=1S/C14H11BrN4/c15-12-3-6-14(17-8-12)19-9-11(7-18-19)10-1-4-13(16)5-2-10/h1-9H,16H2. The summed E-state index contributed by atoms with van der Waals surface area (Å²) in [6, 6.07) is 11.6. The molecule has 0 spiro atoms. The van der Waals surface area contributed by atoms with Gasteiger partial charge in [0.2, 0.25) is 0 Å². The molecule has 0 radical (unpaired) electrons. The second kappa shape index (κ2) is 4.85. The molecule has 0 aliphatic carbocycles. The molecular formula is C14H11BrN4. The molecule has 0 aliphatic rings. The van der Waals surface area contributed by atoms with Gasteiger partial charge in [-0.25, -0.2) is 9.67 Å². The van der Waals surface area contributed by atoms with Crippen molar-refractivity contribution in [3.8, 4) is 16.9 Å². The third-order valence-electron chi connectivity index (χ3n) is 2.77. The first-order chi connectivity index (χ1) is 9.22. The molecule has 1 aromatic carbocycles. The summed E-state index contributed by atoms with van der Waals surface area (Å²) in [5.41, 5.74) is 8.55. The minimum absolute atomic E-state index is 0.755. The van der Waals surface area contributed by atoms with Crippen LogP contribution in [0.2, 0.25) is 0 Å². The molecule has 2 N–H and O–H groups in total. The van der Waals surface area contributed by atoms with Crippen molar-refractivity contribution in [2.24, 2.45) is 0 Å². The Morgan fingerprint density at radius 3 is 2.42 bits per heavy atom. The third-order valence-corrected chi connectivity index (χ3v) is 3.24. The Labute approximate surface area is 119 Å². The minimum atomic E-state index is 0.755. The quantitative estimate of drug-likeness (QED) is 0.738. The molecule has 0 amide bonds. The maximum atomic E-state index is 5.68. The number of rotatable bonds is 2. The Morgan fingerprint density at radius 2 is 1.74 bits per heavy atom. The molecule has 94 valence electrons. The predicted molar refractivity (Wildman–Crippen MR) is 78.9 cm³/mol. The van der Waals surface area contributed by atoms with Gasteiger partial charge < -0.3 is 5.73 Å². The molecular weight excluding hydrogens is 304 g/mol. The highest BCUT2D eigenvalue weighted by atomic mass is 79.9. The predicted octanol–water partition coefficient (Wildman–Crippen LogP) is 3.28. The molecule has 2 aromatic heterocycles. The molecule has 0 saturated carbocycles. The van der Waals surface area contributed by atoms with Crippen LogP contribution >= 0.6 is 15.9 Å². The largest absolute Gasteiger partial charge is 0.399 e. The number of pyridine rings is 1. The Hall–Kier alpha value is -2.14.